The Morgan fingerprint density at radius 3 is 2.31 bits per heavy atom. The minimum atomic E-state index is -4.73. The third kappa shape index (κ3) is 5.50. The van der Waals surface area contributed by atoms with Crippen LogP contribution in [0.1, 0.15) is 29.8 Å². The van der Waals surface area contributed by atoms with E-state index in [0.717, 1.165) is 6.07 Å². The molecule has 2 aromatic carbocycles. The Labute approximate surface area is 163 Å². The van der Waals surface area contributed by atoms with Gasteiger partial charge in [0.1, 0.15) is 5.69 Å². The first kappa shape index (κ1) is 21.8. The number of alkyl halides is 3. The maximum Gasteiger partial charge on any atom is 0.416 e. The number of rotatable bonds is 8. The summed E-state index contributed by atoms with van der Waals surface area (Å²) in [5, 5.41) is 11.1. The fraction of sp³-hybridized carbons (Fsp3) is 0.278. The number of carbonyl (C=O) groups is 1. The fourth-order valence-electron chi connectivity index (χ4n) is 2.35. The number of ether oxygens (including phenoxy) is 2. The van der Waals surface area contributed by atoms with Crippen molar-refractivity contribution in [3.8, 4) is 11.5 Å². The second-order valence-corrected chi connectivity index (χ2v) is 5.59. The lowest BCUT2D eigenvalue weighted by atomic mass is 10.1. The van der Waals surface area contributed by atoms with Gasteiger partial charge in [-0.05, 0) is 44.2 Å². The topological polar surface area (TPSA) is 103 Å². The van der Waals surface area contributed by atoms with E-state index in [4.69, 9.17) is 9.47 Å². The Balaban J connectivity index is 2.20. The van der Waals surface area contributed by atoms with Gasteiger partial charge in [0.25, 0.3) is 11.6 Å². The van der Waals surface area contributed by atoms with Gasteiger partial charge in [0.2, 0.25) is 0 Å². The van der Waals surface area contributed by atoms with Crippen LogP contribution >= 0.6 is 0 Å². The molecule has 0 spiro atoms. The number of halogens is 3. The lowest BCUT2D eigenvalue weighted by Crippen LogP contribution is -2.29. The molecule has 1 amide bonds. The van der Waals surface area contributed by atoms with Gasteiger partial charge >= 0.3 is 6.18 Å². The van der Waals surface area contributed by atoms with Crippen molar-refractivity contribution in [1.82, 2.24) is 5.43 Å². The van der Waals surface area contributed by atoms with E-state index in [9.17, 15) is 28.1 Å². The highest BCUT2D eigenvalue weighted by Gasteiger charge is 2.33. The first-order valence-electron chi connectivity index (χ1n) is 8.49. The van der Waals surface area contributed by atoms with Crippen molar-refractivity contribution < 1.29 is 32.4 Å². The summed E-state index contributed by atoms with van der Waals surface area (Å²) in [5.74, 6) is 0.0999. The minimum Gasteiger partial charge on any atom is -0.490 e. The van der Waals surface area contributed by atoms with Crippen LogP contribution in [0, 0.1) is 10.1 Å². The molecular weight excluding hydrogens is 395 g/mol. The number of hydrogen-bond donors (Lipinski definition) is 2. The van der Waals surface area contributed by atoms with Crippen molar-refractivity contribution in [3.05, 3.63) is 57.6 Å². The molecule has 8 nitrogen and oxygen atoms in total. The zero-order valence-corrected chi connectivity index (χ0v) is 15.5. The highest BCUT2D eigenvalue weighted by atomic mass is 19.4. The molecule has 0 aliphatic carbocycles. The van der Waals surface area contributed by atoms with E-state index in [0.29, 0.717) is 36.8 Å². The smallest absolute Gasteiger partial charge is 0.416 e. The van der Waals surface area contributed by atoms with E-state index in [1.54, 1.807) is 13.8 Å². The molecule has 0 fully saturated rings. The second kappa shape index (κ2) is 9.13. The van der Waals surface area contributed by atoms with Gasteiger partial charge in [0, 0.05) is 11.6 Å². The average Bonchev–Trinajstić information content (AvgIpc) is 2.66. The van der Waals surface area contributed by atoms with Gasteiger partial charge in [-0.15, -0.1) is 0 Å². The number of hydrazine groups is 1. The molecule has 0 aromatic heterocycles. The SMILES string of the molecule is CCOc1ccc(C(=O)NNc2ccc(C(F)(F)F)cc2[N+](=O)[O-])cc1OCC. The molecule has 0 atom stereocenters. The number of amides is 1. The zero-order valence-electron chi connectivity index (χ0n) is 15.5. The Bertz CT molecular complexity index is 903. The zero-order chi connectivity index (χ0) is 21.6. The molecule has 0 aliphatic rings. The minimum absolute atomic E-state index is 0.152. The van der Waals surface area contributed by atoms with Crippen LogP contribution in [0.3, 0.4) is 0 Å². The molecule has 2 N–H and O–H groups in total. The van der Waals surface area contributed by atoms with Gasteiger partial charge in [-0.25, -0.2) is 0 Å². The summed E-state index contributed by atoms with van der Waals surface area (Å²) in [6.07, 6.45) is -4.73. The normalized spacial score (nSPS) is 10.9. The Kier molecular flexibility index (Phi) is 6.86. The quantitative estimate of drug-likeness (QED) is 0.498. The second-order valence-electron chi connectivity index (χ2n) is 5.59. The van der Waals surface area contributed by atoms with Gasteiger partial charge in [0.15, 0.2) is 11.5 Å². The first-order valence-corrected chi connectivity index (χ1v) is 8.49. The highest BCUT2D eigenvalue weighted by Crippen LogP contribution is 2.35. The molecule has 29 heavy (non-hydrogen) atoms. The molecule has 0 heterocycles. The van der Waals surface area contributed by atoms with E-state index < -0.39 is 28.3 Å². The molecule has 0 bridgehead atoms. The van der Waals surface area contributed by atoms with Crippen molar-refractivity contribution in [2.24, 2.45) is 0 Å². The fourth-order valence-corrected chi connectivity index (χ4v) is 2.35. The van der Waals surface area contributed by atoms with E-state index in [2.05, 4.69) is 10.9 Å². The summed E-state index contributed by atoms with van der Waals surface area (Å²) < 4.78 is 49.1. The lowest BCUT2D eigenvalue weighted by Gasteiger charge is -2.14. The number of anilines is 1. The number of benzene rings is 2. The Morgan fingerprint density at radius 1 is 1.07 bits per heavy atom. The van der Waals surface area contributed by atoms with Gasteiger partial charge in [-0.2, -0.15) is 13.2 Å². The van der Waals surface area contributed by atoms with Gasteiger partial charge in [-0.1, -0.05) is 0 Å². The number of carbonyl (C=O) groups excluding carboxylic acids is 1. The molecule has 0 aliphatic heterocycles. The maximum atomic E-state index is 12.8. The third-order valence-corrected chi connectivity index (χ3v) is 3.64. The van der Waals surface area contributed by atoms with Crippen LogP contribution in [0.15, 0.2) is 36.4 Å². The summed E-state index contributed by atoms with van der Waals surface area (Å²) in [6.45, 7) is 4.27. The van der Waals surface area contributed by atoms with Crippen molar-refractivity contribution in [2.45, 2.75) is 20.0 Å². The monoisotopic (exact) mass is 413 g/mol. The number of nitro groups is 1. The first-order chi connectivity index (χ1) is 13.7. The summed E-state index contributed by atoms with van der Waals surface area (Å²) in [4.78, 5) is 22.4. The van der Waals surface area contributed by atoms with E-state index in [-0.39, 0.29) is 11.3 Å². The summed E-state index contributed by atoms with van der Waals surface area (Å²) >= 11 is 0. The average molecular weight is 413 g/mol. The van der Waals surface area contributed by atoms with Gasteiger partial charge < -0.3 is 9.47 Å². The number of nitro benzene ring substituents is 1. The molecule has 0 unspecified atom stereocenters. The van der Waals surface area contributed by atoms with E-state index in [1.165, 1.54) is 18.2 Å². The molecule has 0 saturated heterocycles. The number of nitrogens with one attached hydrogen (secondary N) is 2. The van der Waals surface area contributed by atoms with Crippen molar-refractivity contribution in [1.29, 1.82) is 0 Å². The largest absolute Gasteiger partial charge is 0.490 e. The van der Waals surface area contributed by atoms with Crippen LogP contribution in [-0.2, 0) is 6.18 Å². The van der Waals surface area contributed by atoms with Crippen LogP contribution in [0.25, 0.3) is 0 Å². The standard InChI is InChI=1S/C18H18F3N3O5/c1-3-28-15-8-5-11(9-16(15)29-4-2)17(25)23-22-13-7-6-12(18(19,20)21)10-14(13)24(26)27/h5-10,22H,3-4H2,1-2H3,(H,23,25). The van der Waals surface area contributed by atoms with Crippen LogP contribution in [0.5, 0.6) is 11.5 Å². The summed E-state index contributed by atoms with van der Waals surface area (Å²) in [6, 6.07) is 6.33. The summed E-state index contributed by atoms with van der Waals surface area (Å²) in [7, 11) is 0. The predicted molar refractivity (Wildman–Crippen MR) is 98.0 cm³/mol. The van der Waals surface area contributed by atoms with Crippen LogP contribution < -0.4 is 20.3 Å². The molecule has 11 heteroatoms. The maximum absolute atomic E-state index is 12.8. The van der Waals surface area contributed by atoms with E-state index in [1.807, 2.05) is 0 Å². The number of nitrogens with zero attached hydrogens (tertiary/aromatic N) is 1. The summed E-state index contributed by atoms with van der Waals surface area (Å²) in [5.41, 5.74) is 2.35. The molecule has 0 saturated carbocycles. The molecule has 0 radical (unpaired) electrons. The third-order valence-electron chi connectivity index (χ3n) is 3.64. The van der Waals surface area contributed by atoms with Crippen molar-refractivity contribution >= 4 is 17.3 Å². The molecule has 2 aromatic rings. The van der Waals surface area contributed by atoms with E-state index >= 15 is 0 Å². The van der Waals surface area contributed by atoms with Crippen LogP contribution in [0.4, 0.5) is 24.5 Å². The van der Waals surface area contributed by atoms with Crippen LogP contribution in [-0.4, -0.2) is 24.0 Å². The molecule has 2 rings (SSSR count). The Morgan fingerprint density at radius 2 is 1.72 bits per heavy atom. The number of hydrogen-bond acceptors (Lipinski definition) is 6. The van der Waals surface area contributed by atoms with Crippen molar-refractivity contribution in [3.63, 3.8) is 0 Å². The van der Waals surface area contributed by atoms with Crippen LogP contribution in [0.2, 0.25) is 0 Å². The predicted octanol–water partition coefficient (Wildman–Crippen LogP) is 4.17. The van der Waals surface area contributed by atoms with Crippen molar-refractivity contribution in [2.75, 3.05) is 18.6 Å². The van der Waals surface area contributed by atoms with Gasteiger partial charge in [-0.3, -0.25) is 25.8 Å². The molecular formula is C18H18F3N3O5. The van der Waals surface area contributed by atoms with Gasteiger partial charge in [0.05, 0.1) is 23.7 Å². The highest BCUT2D eigenvalue weighted by molar-refractivity contribution is 5.95. The molecule has 156 valence electrons. The Hall–Kier alpha value is -3.50. The lowest BCUT2D eigenvalue weighted by molar-refractivity contribution is -0.384.